The highest BCUT2D eigenvalue weighted by Crippen LogP contribution is 2.47. The maximum atomic E-state index is 12.7. The molecule has 0 saturated carbocycles. The molecule has 0 aliphatic carbocycles. The Morgan fingerprint density at radius 1 is 1.29 bits per heavy atom. The number of hydrogen-bond acceptors (Lipinski definition) is 6. The van der Waals surface area contributed by atoms with Crippen LogP contribution in [-0.4, -0.2) is 43.3 Å². The number of fused-ring (bicyclic) bond motifs is 2. The minimum atomic E-state index is -0.435. The maximum Gasteiger partial charge on any atom is 0.249 e. The maximum absolute atomic E-state index is 12.7. The van der Waals surface area contributed by atoms with Crippen LogP contribution in [0.1, 0.15) is 19.8 Å². The Labute approximate surface area is 170 Å². The minimum Gasteiger partial charge on any atom is -0.315 e. The van der Waals surface area contributed by atoms with Crippen molar-refractivity contribution in [1.82, 2.24) is 14.9 Å². The quantitative estimate of drug-likeness (QED) is 0.712. The van der Waals surface area contributed by atoms with E-state index in [1.54, 1.807) is 40.3 Å². The highest BCUT2D eigenvalue weighted by Gasteiger charge is 2.52. The van der Waals surface area contributed by atoms with Crippen LogP contribution in [0.25, 0.3) is 20.8 Å². The van der Waals surface area contributed by atoms with Gasteiger partial charge in [0.2, 0.25) is 11.8 Å². The molecule has 1 aromatic carbocycles. The first-order valence-corrected chi connectivity index (χ1v) is 10.9. The summed E-state index contributed by atoms with van der Waals surface area (Å²) in [5.41, 5.74) is 1.88. The zero-order valence-electron chi connectivity index (χ0n) is 15.2. The number of thioether (sulfide) groups is 1. The van der Waals surface area contributed by atoms with E-state index in [1.807, 2.05) is 37.3 Å². The second kappa shape index (κ2) is 6.56. The highest BCUT2D eigenvalue weighted by atomic mass is 32.2. The van der Waals surface area contributed by atoms with E-state index in [0.717, 1.165) is 27.2 Å². The molecule has 2 amide bonds. The third-order valence-electron chi connectivity index (χ3n) is 5.30. The van der Waals surface area contributed by atoms with Crippen LogP contribution >= 0.6 is 23.1 Å². The Kier molecular flexibility index (Phi) is 4.13. The molecule has 2 aromatic heterocycles. The van der Waals surface area contributed by atoms with Gasteiger partial charge in [0.25, 0.3) is 0 Å². The molecule has 28 heavy (non-hydrogen) atoms. The fourth-order valence-electron chi connectivity index (χ4n) is 3.81. The van der Waals surface area contributed by atoms with Crippen molar-refractivity contribution in [3.8, 4) is 10.6 Å². The van der Waals surface area contributed by atoms with Crippen molar-refractivity contribution < 1.29 is 9.59 Å². The summed E-state index contributed by atoms with van der Waals surface area (Å²) in [6.45, 7) is 2.04. The summed E-state index contributed by atoms with van der Waals surface area (Å²) in [5, 5.41) is 3.77. The number of hydrogen-bond donors (Lipinski definition) is 1. The van der Waals surface area contributed by atoms with Crippen LogP contribution < -0.4 is 5.32 Å². The van der Waals surface area contributed by atoms with Crippen LogP contribution in [0.2, 0.25) is 0 Å². The lowest BCUT2D eigenvalue weighted by Crippen LogP contribution is -2.48. The summed E-state index contributed by atoms with van der Waals surface area (Å²) in [6, 6.07) is 11.3. The van der Waals surface area contributed by atoms with E-state index in [-0.39, 0.29) is 16.7 Å². The lowest BCUT2D eigenvalue weighted by atomic mass is 10.2. The molecule has 142 valence electrons. The number of nitrogens with zero attached hydrogens (tertiary/aromatic N) is 3. The zero-order valence-corrected chi connectivity index (χ0v) is 16.8. The Morgan fingerprint density at radius 2 is 2.14 bits per heavy atom. The molecule has 2 saturated heterocycles. The lowest BCUT2D eigenvalue weighted by molar-refractivity contribution is -0.135. The molecule has 6 nitrogen and oxygen atoms in total. The molecule has 2 atom stereocenters. The van der Waals surface area contributed by atoms with E-state index < -0.39 is 6.04 Å². The molecule has 0 spiro atoms. The predicted octanol–water partition coefficient (Wildman–Crippen LogP) is 3.75. The van der Waals surface area contributed by atoms with Gasteiger partial charge in [-0.05, 0) is 37.6 Å². The second-order valence-corrected chi connectivity index (χ2v) is 9.71. The number of carbonyl (C=O) groups is 2. The predicted molar refractivity (Wildman–Crippen MR) is 112 cm³/mol. The van der Waals surface area contributed by atoms with Crippen LogP contribution in [-0.2, 0) is 9.59 Å². The number of rotatable bonds is 3. The van der Waals surface area contributed by atoms with E-state index in [9.17, 15) is 9.59 Å². The van der Waals surface area contributed by atoms with Crippen molar-refractivity contribution in [1.29, 1.82) is 0 Å². The zero-order chi connectivity index (χ0) is 19.3. The number of amides is 2. The standard InChI is InChI=1S/C20H18N4O2S2/c1-20-9-8-17(25)24(20)14(11-27-20)18(26)23-16-7-6-12(10-21-16)19-22-13-4-2-3-5-15(13)28-19/h2-7,10,14H,8-9,11H2,1H3,(H,21,23,26). The Bertz CT molecular complexity index is 1050. The molecule has 2 unspecified atom stereocenters. The van der Waals surface area contributed by atoms with Gasteiger partial charge in [0.1, 0.15) is 16.9 Å². The van der Waals surface area contributed by atoms with E-state index in [1.165, 1.54) is 0 Å². The molecule has 2 aliphatic rings. The van der Waals surface area contributed by atoms with Gasteiger partial charge in [0.15, 0.2) is 0 Å². The average Bonchev–Trinajstić information content (AvgIpc) is 3.35. The molecule has 4 heterocycles. The second-order valence-electron chi connectivity index (χ2n) is 7.17. The molecule has 8 heteroatoms. The van der Waals surface area contributed by atoms with Crippen LogP contribution in [0.4, 0.5) is 5.82 Å². The summed E-state index contributed by atoms with van der Waals surface area (Å²) in [4.78, 5) is 35.5. The van der Waals surface area contributed by atoms with Gasteiger partial charge in [0.05, 0.1) is 15.1 Å². The molecule has 5 rings (SSSR count). The summed E-state index contributed by atoms with van der Waals surface area (Å²) >= 11 is 3.30. The minimum absolute atomic E-state index is 0.0618. The fourth-order valence-corrected chi connectivity index (χ4v) is 6.20. The number of thiazole rings is 1. The van der Waals surface area contributed by atoms with Crippen molar-refractivity contribution in [2.75, 3.05) is 11.1 Å². The van der Waals surface area contributed by atoms with Gasteiger partial charge in [-0.2, -0.15) is 0 Å². The van der Waals surface area contributed by atoms with E-state index >= 15 is 0 Å². The van der Waals surface area contributed by atoms with Gasteiger partial charge >= 0.3 is 0 Å². The largest absolute Gasteiger partial charge is 0.315 e. The summed E-state index contributed by atoms with van der Waals surface area (Å²) in [6.07, 6.45) is 3.04. The number of carbonyl (C=O) groups excluding carboxylic acids is 2. The smallest absolute Gasteiger partial charge is 0.249 e. The number of anilines is 1. The molecule has 1 N–H and O–H groups in total. The lowest BCUT2D eigenvalue weighted by Gasteiger charge is -2.29. The van der Waals surface area contributed by atoms with E-state index in [4.69, 9.17) is 0 Å². The van der Waals surface area contributed by atoms with Crippen molar-refractivity contribution in [3.63, 3.8) is 0 Å². The van der Waals surface area contributed by atoms with Crippen molar-refractivity contribution in [2.45, 2.75) is 30.7 Å². The summed E-state index contributed by atoms with van der Waals surface area (Å²) in [5.74, 6) is 0.997. The molecule has 2 fully saturated rings. The van der Waals surface area contributed by atoms with Crippen molar-refractivity contribution in [3.05, 3.63) is 42.6 Å². The normalized spacial score (nSPS) is 24.0. The highest BCUT2D eigenvalue weighted by molar-refractivity contribution is 8.01. The molecule has 2 aliphatic heterocycles. The Balaban J connectivity index is 1.32. The third-order valence-corrected chi connectivity index (χ3v) is 7.89. The number of pyridine rings is 1. The molecule has 0 bridgehead atoms. The topological polar surface area (TPSA) is 75.2 Å². The van der Waals surface area contributed by atoms with Gasteiger partial charge in [-0.15, -0.1) is 23.1 Å². The number of para-hydroxylation sites is 1. The first-order valence-electron chi connectivity index (χ1n) is 9.12. The van der Waals surface area contributed by atoms with Gasteiger partial charge in [-0.3, -0.25) is 9.59 Å². The third kappa shape index (κ3) is 2.87. The number of benzene rings is 1. The van der Waals surface area contributed by atoms with Gasteiger partial charge in [-0.25, -0.2) is 9.97 Å². The molecule has 3 aromatic rings. The van der Waals surface area contributed by atoms with Crippen LogP contribution in [0.5, 0.6) is 0 Å². The van der Waals surface area contributed by atoms with Crippen LogP contribution in [0, 0.1) is 0 Å². The molecular formula is C20H18N4O2S2. The van der Waals surface area contributed by atoms with Crippen LogP contribution in [0.15, 0.2) is 42.6 Å². The Morgan fingerprint density at radius 3 is 2.93 bits per heavy atom. The molecule has 0 radical (unpaired) electrons. The van der Waals surface area contributed by atoms with Crippen molar-refractivity contribution >= 4 is 50.9 Å². The fraction of sp³-hybridized carbons (Fsp3) is 0.300. The SMILES string of the molecule is CC12CCC(=O)N1C(C(=O)Nc1ccc(-c3nc4ccccc4s3)cn1)CS2. The van der Waals surface area contributed by atoms with E-state index in [2.05, 4.69) is 15.3 Å². The van der Waals surface area contributed by atoms with Gasteiger partial charge < -0.3 is 10.2 Å². The van der Waals surface area contributed by atoms with Crippen molar-refractivity contribution in [2.24, 2.45) is 0 Å². The number of aromatic nitrogens is 2. The average molecular weight is 411 g/mol. The first kappa shape index (κ1) is 17.6. The Hall–Kier alpha value is -2.45. The monoisotopic (exact) mass is 410 g/mol. The van der Waals surface area contributed by atoms with E-state index in [0.29, 0.717) is 18.0 Å². The summed E-state index contributed by atoms with van der Waals surface area (Å²) < 4.78 is 1.13. The summed E-state index contributed by atoms with van der Waals surface area (Å²) in [7, 11) is 0. The number of nitrogens with one attached hydrogen (secondary N) is 1. The van der Waals surface area contributed by atoms with Gasteiger partial charge in [-0.1, -0.05) is 12.1 Å². The first-order chi connectivity index (χ1) is 13.5. The molecular weight excluding hydrogens is 392 g/mol. The van der Waals surface area contributed by atoms with Gasteiger partial charge in [0, 0.05) is 23.9 Å². The van der Waals surface area contributed by atoms with Crippen LogP contribution in [0.3, 0.4) is 0 Å².